The van der Waals surface area contributed by atoms with Crippen LogP contribution in [0.2, 0.25) is 0 Å². The summed E-state index contributed by atoms with van der Waals surface area (Å²) in [6.45, 7) is 1.91. The molecule has 0 bridgehead atoms. The molecule has 2 N–H and O–H groups in total. The van der Waals surface area contributed by atoms with Crippen molar-refractivity contribution < 1.29 is 32.2 Å². The molecule has 0 aliphatic carbocycles. The highest BCUT2D eigenvalue weighted by Crippen LogP contribution is 2.39. The second-order valence-electron chi connectivity index (χ2n) is 9.33. The maximum absolute atomic E-state index is 13.7. The topological polar surface area (TPSA) is 92.8 Å². The second-order valence-corrected chi connectivity index (χ2v) is 9.33. The number of rotatable bonds is 7. The Morgan fingerprint density at radius 1 is 0.905 bits per heavy atom. The van der Waals surface area contributed by atoms with E-state index in [4.69, 9.17) is 9.47 Å². The van der Waals surface area contributed by atoms with Crippen LogP contribution in [0, 0.1) is 6.92 Å². The fourth-order valence-electron chi connectivity index (χ4n) is 4.45. The molecule has 7 nitrogen and oxygen atoms in total. The van der Waals surface area contributed by atoms with Gasteiger partial charge in [-0.3, -0.25) is 4.79 Å². The number of benzene rings is 4. The first-order valence-electron chi connectivity index (χ1n) is 12.7. The van der Waals surface area contributed by atoms with Crippen LogP contribution in [0.25, 0.3) is 22.0 Å². The molecular weight excluding hydrogens is 547 g/mol. The van der Waals surface area contributed by atoms with Gasteiger partial charge < -0.3 is 14.5 Å². The van der Waals surface area contributed by atoms with E-state index in [1.165, 1.54) is 31.5 Å². The van der Waals surface area contributed by atoms with Crippen LogP contribution in [-0.4, -0.2) is 30.2 Å². The first-order valence-corrected chi connectivity index (χ1v) is 12.7. The van der Waals surface area contributed by atoms with Gasteiger partial charge in [0.05, 0.1) is 30.0 Å². The number of nitrogens with one attached hydrogen (secondary N) is 2. The normalized spacial score (nSPS) is 11.5. The molecule has 1 aromatic heterocycles. The van der Waals surface area contributed by atoms with Gasteiger partial charge in [0.2, 0.25) is 0 Å². The van der Waals surface area contributed by atoms with Crippen molar-refractivity contribution in [1.82, 2.24) is 10.4 Å². The number of methoxy groups -OCH3 is 1. The zero-order valence-electron chi connectivity index (χ0n) is 22.5. The highest BCUT2D eigenvalue weighted by atomic mass is 19.4. The van der Waals surface area contributed by atoms with Crippen LogP contribution in [0.15, 0.2) is 96.1 Å². The molecule has 0 radical (unpaired) electrons. The summed E-state index contributed by atoms with van der Waals surface area (Å²) in [5.74, 6) is -0.837. The molecule has 1 amide bonds. The van der Waals surface area contributed by atoms with Gasteiger partial charge in [0.1, 0.15) is 5.69 Å². The SMILES string of the molecule is COc1cc(C=NNC(=O)c2[nH]c3c(C(F)(F)F)cccc3c2-c2ccccc2)ccc1OC(=O)c1ccc(C)cc1. The summed E-state index contributed by atoms with van der Waals surface area (Å²) < 4.78 is 52.0. The Labute approximate surface area is 238 Å². The van der Waals surface area contributed by atoms with Gasteiger partial charge >= 0.3 is 12.1 Å². The van der Waals surface area contributed by atoms with Gasteiger partial charge in [0.15, 0.2) is 11.5 Å². The lowest BCUT2D eigenvalue weighted by atomic mass is 10.0. The number of hydrogen-bond acceptors (Lipinski definition) is 5. The van der Waals surface area contributed by atoms with Gasteiger partial charge in [0.25, 0.3) is 5.91 Å². The summed E-state index contributed by atoms with van der Waals surface area (Å²) in [7, 11) is 1.41. The van der Waals surface area contributed by atoms with E-state index in [2.05, 4.69) is 15.5 Å². The van der Waals surface area contributed by atoms with Gasteiger partial charge in [-0.05, 0) is 54.4 Å². The third kappa shape index (κ3) is 5.87. The molecule has 0 saturated heterocycles. The Morgan fingerprint density at radius 2 is 1.64 bits per heavy atom. The largest absolute Gasteiger partial charge is 0.493 e. The van der Waals surface area contributed by atoms with Crippen LogP contribution in [0.4, 0.5) is 13.2 Å². The number of aromatic amines is 1. The van der Waals surface area contributed by atoms with Crippen molar-refractivity contribution in [2.45, 2.75) is 13.1 Å². The van der Waals surface area contributed by atoms with Gasteiger partial charge in [0, 0.05) is 10.9 Å². The van der Waals surface area contributed by atoms with E-state index in [1.807, 2.05) is 6.92 Å². The number of aryl methyl sites for hydroxylation is 1. The molecule has 0 atom stereocenters. The van der Waals surface area contributed by atoms with E-state index in [9.17, 15) is 22.8 Å². The van der Waals surface area contributed by atoms with E-state index in [0.717, 1.165) is 11.6 Å². The Morgan fingerprint density at radius 3 is 2.33 bits per heavy atom. The molecule has 0 unspecified atom stereocenters. The number of fused-ring (bicyclic) bond motifs is 1. The standard InChI is InChI=1S/C32H24F3N3O4/c1-19-11-14-22(15-12-19)31(40)42-25-16-13-20(17-26(25)41-2)18-36-38-30(39)29-27(21-7-4-3-5-8-21)23-9-6-10-24(28(23)37-29)32(33,34)35/h3-18,37H,1-2H3,(H,38,39). The summed E-state index contributed by atoms with van der Waals surface area (Å²) in [4.78, 5) is 28.4. The van der Waals surface area contributed by atoms with E-state index in [0.29, 0.717) is 22.3 Å². The summed E-state index contributed by atoms with van der Waals surface area (Å²) in [5, 5.41) is 4.24. The first kappa shape index (κ1) is 28.2. The summed E-state index contributed by atoms with van der Waals surface area (Å²) >= 11 is 0. The predicted molar refractivity (Wildman–Crippen MR) is 153 cm³/mol. The number of ether oxygens (including phenoxy) is 2. The fraction of sp³-hybridized carbons (Fsp3) is 0.0938. The minimum atomic E-state index is -4.62. The summed E-state index contributed by atoms with van der Waals surface area (Å²) in [6, 6.07) is 24.1. The van der Waals surface area contributed by atoms with E-state index in [-0.39, 0.29) is 28.1 Å². The number of nitrogens with zero attached hydrogens (tertiary/aromatic N) is 1. The Kier molecular flexibility index (Phi) is 7.79. The van der Waals surface area contributed by atoms with Crippen molar-refractivity contribution in [3.05, 3.63) is 119 Å². The average Bonchev–Trinajstić information content (AvgIpc) is 3.38. The second kappa shape index (κ2) is 11.6. The molecule has 0 aliphatic heterocycles. The molecule has 0 spiro atoms. The predicted octanol–water partition coefficient (Wildman–Crippen LogP) is 7.15. The van der Waals surface area contributed by atoms with Crippen LogP contribution < -0.4 is 14.9 Å². The average molecular weight is 572 g/mol. The molecule has 42 heavy (non-hydrogen) atoms. The lowest BCUT2D eigenvalue weighted by molar-refractivity contribution is -0.136. The molecule has 5 aromatic rings. The first-order chi connectivity index (χ1) is 20.2. The Balaban J connectivity index is 1.39. The summed E-state index contributed by atoms with van der Waals surface area (Å²) in [5.41, 5.74) is 4.01. The number of alkyl halides is 3. The molecular formula is C32H24F3N3O4. The number of para-hydroxylation sites is 1. The highest BCUT2D eigenvalue weighted by Gasteiger charge is 2.34. The third-order valence-corrected chi connectivity index (χ3v) is 6.49. The number of carbonyl (C=O) groups is 2. The number of carbonyl (C=O) groups excluding carboxylic acids is 2. The fourth-order valence-corrected chi connectivity index (χ4v) is 4.45. The van der Waals surface area contributed by atoms with Crippen molar-refractivity contribution in [3.63, 3.8) is 0 Å². The number of H-pyrrole nitrogens is 1. The molecule has 4 aromatic carbocycles. The maximum atomic E-state index is 13.7. The van der Waals surface area contributed by atoms with Crippen molar-refractivity contribution in [3.8, 4) is 22.6 Å². The van der Waals surface area contributed by atoms with Crippen LogP contribution >= 0.6 is 0 Å². The number of hydrogen-bond donors (Lipinski definition) is 2. The Hall–Kier alpha value is -5.38. The maximum Gasteiger partial charge on any atom is 0.418 e. The Bertz CT molecular complexity index is 1790. The number of esters is 1. The molecule has 1 heterocycles. The minimum absolute atomic E-state index is 0.0685. The van der Waals surface area contributed by atoms with Crippen molar-refractivity contribution >= 4 is 29.0 Å². The van der Waals surface area contributed by atoms with Crippen LogP contribution in [0.5, 0.6) is 11.5 Å². The molecule has 0 saturated carbocycles. The van der Waals surface area contributed by atoms with Crippen LogP contribution in [0.3, 0.4) is 0 Å². The molecule has 212 valence electrons. The highest BCUT2D eigenvalue weighted by molar-refractivity contribution is 6.10. The molecule has 5 rings (SSSR count). The third-order valence-electron chi connectivity index (χ3n) is 6.49. The number of hydrazone groups is 1. The van der Waals surface area contributed by atoms with Gasteiger partial charge in [-0.2, -0.15) is 18.3 Å². The summed E-state index contributed by atoms with van der Waals surface area (Å²) in [6.07, 6.45) is -3.29. The number of amides is 1. The van der Waals surface area contributed by atoms with Gasteiger partial charge in [-0.1, -0.05) is 60.2 Å². The minimum Gasteiger partial charge on any atom is -0.493 e. The molecule has 10 heteroatoms. The number of halogens is 3. The van der Waals surface area contributed by atoms with Crippen LogP contribution in [0.1, 0.15) is 37.5 Å². The van der Waals surface area contributed by atoms with Gasteiger partial charge in [-0.25, -0.2) is 10.2 Å². The van der Waals surface area contributed by atoms with Crippen molar-refractivity contribution in [2.24, 2.45) is 5.10 Å². The zero-order chi connectivity index (χ0) is 29.9. The van der Waals surface area contributed by atoms with Crippen LogP contribution in [-0.2, 0) is 6.18 Å². The quantitative estimate of drug-likeness (QED) is 0.0939. The molecule has 0 aliphatic rings. The van der Waals surface area contributed by atoms with Gasteiger partial charge in [-0.15, -0.1) is 0 Å². The van der Waals surface area contributed by atoms with E-state index < -0.39 is 23.6 Å². The lowest BCUT2D eigenvalue weighted by Crippen LogP contribution is -2.19. The number of aromatic nitrogens is 1. The van der Waals surface area contributed by atoms with Crippen molar-refractivity contribution in [2.75, 3.05) is 7.11 Å². The van der Waals surface area contributed by atoms with E-state index in [1.54, 1.807) is 66.7 Å². The monoisotopic (exact) mass is 571 g/mol. The zero-order valence-corrected chi connectivity index (χ0v) is 22.5. The smallest absolute Gasteiger partial charge is 0.418 e. The van der Waals surface area contributed by atoms with E-state index >= 15 is 0 Å². The lowest BCUT2D eigenvalue weighted by Gasteiger charge is -2.10. The van der Waals surface area contributed by atoms with Crippen molar-refractivity contribution in [1.29, 1.82) is 0 Å². The molecule has 0 fully saturated rings.